The van der Waals surface area contributed by atoms with Gasteiger partial charge in [0.15, 0.2) is 0 Å². The van der Waals surface area contributed by atoms with Crippen molar-refractivity contribution in [2.45, 2.75) is 262 Å². The highest BCUT2D eigenvalue weighted by Gasteiger charge is 2.47. The summed E-state index contributed by atoms with van der Waals surface area (Å²) in [6.07, 6.45) is 2.40. The van der Waals surface area contributed by atoms with Crippen molar-refractivity contribution in [1.82, 2.24) is 87.6 Å². The van der Waals surface area contributed by atoms with E-state index in [0.717, 1.165) is 26.5 Å². The molecule has 3 aliphatic heterocycles. The van der Waals surface area contributed by atoms with Gasteiger partial charge in [-0.05, 0) is 119 Å². The largest absolute Gasteiger partial charge is 0.508 e. The number of aromatic hydroxyl groups is 1. The first-order valence-electron chi connectivity index (χ1n) is 44.2. The van der Waals surface area contributed by atoms with E-state index in [1.165, 1.54) is 76.0 Å². The Morgan fingerprint density at radius 3 is 1.65 bits per heavy atom. The van der Waals surface area contributed by atoms with Crippen molar-refractivity contribution in [2.24, 2.45) is 23.3 Å². The molecule has 0 radical (unpaired) electrons. The third-order valence-electron chi connectivity index (χ3n) is 23.6. The molecule has 39 heteroatoms. The minimum absolute atomic E-state index is 0.0243. The van der Waals surface area contributed by atoms with Crippen LogP contribution in [0.15, 0.2) is 85.2 Å². The first kappa shape index (κ1) is 102. The predicted octanol–water partition coefficient (Wildman–Crippen LogP) is 0.716. The van der Waals surface area contributed by atoms with Crippen LogP contribution in [0.25, 0.3) is 21.8 Å². The molecule has 3 aliphatic rings. The first-order chi connectivity index (χ1) is 61.1. The third kappa shape index (κ3) is 27.9. The van der Waals surface area contributed by atoms with Gasteiger partial charge in [-0.2, -0.15) is 0 Å². The Balaban J connectivity index is 1.18. The minimum atomic E-state index is -1.94. The van der Waals surface area contributed by atoms with Gasteiger partial charge in [0.1, 0.15) is 89.8 Å². The molecule has 0 aliphatic carbocycles. The highest BCUT2D eigenvalue weighted by atomic mass is 32.2. The number of likely N-dealkylation sites (N-methyl/N-ethyl adjacent to an activating group) is 3. The van der Waals surface area contributed by atoms with Gasteiger partial charge in [0.25, 0.3) is 0 Å². The number of carbonyl (C=O) groups excluding carboxylic acids is 17. The van der Waals surface area contributed by atoms with Crippen molar-refractivity contribution in [2.75, 3.05) is 52.3 Å². The average molecular weight is 1810 g/mol. The number of nitrogens with zero attached hydrogens (tertiary/aromatic N) is 5. The molecule has 14 atom stereocenters. The first-order valence-corrected chi connectivity index (χ1v) is 45.4. The summed E-state index contributed by atoms with van der Waals surface area (Å²) in [5.41, 5.74) is 12.1. The van der Waals surface area contributed by atoms with Gasteiger partial charge in [-0.3, -0.25) is 81.5 Å². The van der Waals surface area contributed by atoms with Crippen molar-refractivity contribution >= 4 is 134 Å². The van der Waals surface area contributed by atoms with Gasteiger partial charge in [0, 0.05) is 99.9 Å². The summed E-state index contributed by atoms with van der Waals surface area (Å²) in [7, 11) is 4.05. The lowest BCUT2D eigenvalue weighted by atomic mass is 9.97. The lowest BCUT2D eigenvalue weighted by Gasteiger charge is -2.37. The third-order valence-corrected chi connectivity index (χ3v) is 24.7. The molecule has 3 saturated heterocycles. The summed E-state index contributed by atoms with van der Waals surface area (Å²) in [5, 5.41) is 50.0. The highest BCUT2D eigenvalue weighted by molar-refractivity contribution is 8.00. The summed E-state index contributed by atoms with van der Waals surface area (Å²) in [6, 6.07) is 1.29. The van der Waals surface area contributed by atoms with Gasteiger partial charge in [-0.1, -0.05) is 123 Å². The second-order valence-corrected chi connectivity index (χ2v) is 36.1. The molecule has 1 unspecified atom stereocenters. The molecule has 0 spiro atoms. The quantitative estimate of drug-likeness (QED) is 0.0454. The number of aliphatic hydroxyl groups excluding tert-OH is 1. The zero-order valence-corrected chi connectivity index (χ0v) is 76.6. The Hall–Kier alpha value is -12.2. The van der Waals surface area contributed by atoms with E-state index in [0.29, 0.717) is 64.2 Å². The molecule has 0 saturated carbocycles. The maximum atomic E-state index is 15.8. The summed E-state index contributed by atoms with van der Waals surface area (Å²) >= 11 is 0.810. The van der Waals surface area contributed by atoms with Crippen LogP contribution in [-0.2, 0) is 101 Å². The molecule has 3 fully saturated rings. The number of amides is 17. The molecular weight excluding hydrogens is 1680 g/mol. The second kappa shape index (κ2) is 47.2. The number of unbranched alkanes of at least 4 members (excludes halogenated alkanes) is 2. The van der Waals surface area contributed by atoms with E-state index in [1.807, 2.05) is 32.0 Å². The molecule has 38 nitrogen and oxygen atoms in total. The van der Waals surface area contributed by atoms with Crippen molar-refractivity contribution in [3.63, 3.8) is 0 Å². The second-order valence-electron chi connectivity index (χ2n) is 35.1. The van der Waals surface area contributed by atoms with Crippen molar-refractivity contribution < 1.29 is 91.7 Å². The SMILES string of the molecule is CCCC[C@H]1C(=O)N(C)[C@@H](CCCC)C(=O)N[C@@H](CC(C)C)C(=O)N[C@H](C(=O)NCC(N)=O)CSCC(=O)N[C@@H](Cc2ccc(O)cc2)C(=O)N(C)[C@@H](C)C(=O)N[C@@H](CC(N)=O)C(=O)N2CCC[C@H]2C(=O)N[C@@H](CC)C(=O)N[C@@H](CC(C)C)C(=O)N2C[C@H](O)C[C@H]2C(=O)NC(Cc2c[nH]c3ccccc23)C(=O)NC(C)(C)C(=O)N[C@@H](Cc2c[nH]c3ccccc23)C(=O)N1C. The van der Waals surface area contributed by atoms with Crippen LogP contribution in [0.2, 0.25) is 0 Å². The van der Waals surface area contributed by atoms with Crippen molar-refractivity contribution in [3.05, 3.63) is 102 Å². The highest BCUT2D eigenvalue weighted by Crippen LogP contribution is 2.28. The molecule has 5 aromatic rings. The zero-order chi connectivity index (χ0) is 95.0. The van der Waals surface area contributed by atoms with Crippen LogP contribution in [0.3, 0.4) is 0 Å². The van der Waals surface area contributed by atoms with Crippen LogP contribution < -0.4 is 64.6 Å². The number of fused-ring (bicyclic) bond motifs is 4. The maximum Gasteiger partial charge on any atom is 0.246 e. The number of hydrogen-bond donors (Lipinski definition) is 16. The number of aromatic amines is 2. The number of aliphatic hydroxyl groups is 1. The summed E-state index contributed by atoms with van der Waals surface area (Å²) in [5.74, 6) is -16.4. The molecule has 8 rings (SSSR count). The smallest absolute Gasteiger partial charge is 0.246 e. The molecule has 2 aromatic heterocycles. The van der Waals surface area contributed by atoms with Gasteiger partial charge in [0.2, 0.25) is 100 Å². The van der Waals surface area contributed by atoms with Crippen LogP contribution in [0, 0.1) is 11.8 Å². The maximum absolute atomic E-state index is 15.8. The number of phenolic OH excluding ortho intramolecular Hbond substituents is 1. The molecule has 17 amide bonds. The van der Waals surface area contributed by atoms with Crippen LogP contribution in [-0.4, -0.2) is 288 Å². The van der Waals surface area contributed by atoms with Crippen LogP contribution in [0.4, 0.5) is 0 Å². The number of primary amides is 2. The van der Waals surface area contributed by atoms with Gasteiger partial charge in [0.05, 0.1) is 24.8 Å². The number of benzene rings is 3. The number of hydrogen-bond acceptors (Lipinski definition) is 20. The van der Waals surface area contributed by atoms with Gasteiger partial charge in [-0.25, -0.2) is 0 Å². The van der Waals surface area contributed by atoms with Crippen molar-refractivity contribution in [1.29, 1.82) is 0 Å². The van der Waals surface area contributed by atoms with Crippen molar-refractivity contribution in [3.8, 4) is 5.75 Å². The summed E-state index contributed by atoms with van der Waals surface area (Å²) < 4.78 is 0. The number of phenols is 1. The Kier molecular flexibility index (Phi) is 37.4. The Bertz CT molecular complexity index is 4860. The van der Waals surface area contributed by atoms with Gasteiger partial charge < -0.3 is 109 Å². The van der Waals surface area contributed by atoms with E-state index in [1.54, 1.807) is 77.3 Å². The number of nitrogens with two attached hydrogens (primary N) is 2. The summed E-state index contributed by atoms with van der Waals surface area (Å²) in [4.78, 5) is 261. The van der Waals surface area contributed by atoms with E-state index >= 15 is 33.6 Å². The fourth-order valence-corrected chi connectivity index (χ4v) is 17.1. The monoisotopic (exact) mass is 1810 g/mol. The fraction of sp³-hybridized carbons (Fsp3) is 0.567. The Labute approximate surface area is 755 Å². The van der Waals surface area contributed by atoms with Gasteiger partial charge >= 0.3 is 0 Å². The van der Waals surface area contributed by atoms with E-state index < -0.39 is 216 Å². The van der Waals surface area contributed by atoms with E-state index in [9.17, 15) is 58.2 Å². The lowest BCUT2D eigenvalue weighted by molar-refractivity contribution is -0.149. The fourth-order valence-electron chi connectivity index (χ4n) is 16.3. The average Bonchev–Trinajstić information content (AvgIpc) is 1.56. The number of nitrogens with one attached hydrogen (secondary N) is 12. The van der Waals surface area contributed by atoms with Gasteiger partial charge in [-0.15, -0.1) is 11.8 Å². The molecular formula is C90H129N19O19S. The lowest BCUT2D eigenvalue weighted by Crippen LogP contribution is -2.64. The minimum Gasteiger partial charge on any atom is -0.508 e. The number of H-pyrrole nitrogens is 2. The summed E-state index contributed by atoms with van der Waals surface area (Å²) in [6.45, 7) is 15.4. The van der Waals surface area contributed by atoms with E-state index in [2.05, 4.69) is 63.1 Å². The van der Waals surface area contributed by atoms with E-state index in [4.69, 9.17) is 11.5 Å². The number of thioether (sulfide) groups is 1. The Morgan fingerprint density at radius 2 is 1.06 bits per heavy atom. The molecule has 0 bridgehead atoms. The molecule has 18 N–H and O–H groups in total. The predicted molar refractivity (Wildman–Crippen MR) is 481 cm³/mol. The number of para-hydroxylation sites is 2. The standard InChI is InChI=1S/C90H129N19O19S/c1-14-17-28-69-81(120)98-62(36-49(4)5)79(118)102-68(77(116)95-45-74(92)113)47-129-48-75(114)96-65(38-52-31-33-55(110)34-32-52)84(123)105(11)51(8)76(115)100-67(42-73(91)112)86(125)108-35-23-30-70(108)82(121)97-59(16-3)78(117)101-64(37-50(6)7)87(126)109-46-56(111)41-72(109)83(122)99-63(39-53-43-93-60-26-21-19-24-57(53)60)80(119)104-90(9,10)89(128)103-66(40-54-44-94-61-27-22-20-25-58(54)61)85(124)107(13)71(29-18-15-2)88(127)106(69)12/h19-22,24-27,31-34,43-44,49-51,56,59,62-72,93-94,110-111H,14-18,23,28-30,35-42,45-48H2,1-13H3,(H2,91,112)(H2,92,113)(H,95,116)(H,96,114)(H,97,121)(H,98,120)(H,99,122)(H,100,115)(H,101,117)(H,102,118)(H,103,128)(H,104,119)/t51-,56+,59-,62-,63?,64-,65-,66-,67-,68-,69-,70-,71-,72-/m0/s1. The number of carbonyl (C=O) groups is 17. The van der Waals surface area contributed by atoms with Crippen LogP contribution in [0.1, 0.15) is 169 Å². The van der Waals surface area contributed by atoms with E-state index in [-0.39, 0.29) is 101 Å². The zero-order valence-electron chi connectivity index (χ0n) is 75.8. The molecule has 5 heterocycles. The normalized spacial score (nSPS) is 25.3. The topological polar surface area (TPSA) is 551 Å². The molecule has 704 valence electrons. The molecule has 3 aromatic carbocycles. The number of rotatable bonds is 22. The Morgan fingerprint density at radius 1 is 0.543 bits per heavy atom. The van der Waals surface area contributed by atoms with Crippen LogP contribution in [0.5, 0.6) is 5.75 Å². The van der Waals surface area contributed by atoms with Crippen LogP contribution >= 0.6 is 11.8 Å². The molecule has 129 heavy (non-hydrogen) atoms. The number of aromatic nitrogens is 2.